The summed E-state index contributed by atoms with van der Waals surface area (Å²) < 4.78 is 0. The molecular formula is C20H33N3. The first-order valence-corrected chi connectivity index (χ1v) is 9.39. The fourth-order valence-electron chi connectivity index (χ4n) is 3.87. The minimum atomic E-state index is 0.184. The molecule has 0 radical (unpaired) electrons. The number of anilines is 1. The number of nitrogens with zero attached hydrogens (tertiary/aromatic N) is 3. The third-order valence-corrected chi connectivity index (χ3v) is 5.74. The number of hydrogen-bond acceptors (Lipinski definition) is 3. The summed E-state index contributed by atoms with van der Waals surface area (Å²) in [6.45, 7) is 14.1. The highest BCUT2D eigenvalue weighted by molar-refractivity contribution is 5.41. The number of aromatic nitrogens is 1. The standard InChI is InChI=1S/C20H33N3/c1-16-7-11-22(12-8-16)18-9-13-23(14-10-18)19-6-5-17(15-21-19)20(2,3)4/h5-6,15-16,18H,7-14H2,1-4H3. The van der Waals surface area contributed by atoms with Gasteiger partial charge in [-0.2, -0.15) is 0 Å². The van der Waals surface area contributed by atoms with Gasteiger partial charge in [-0.3, -0.25) is 0 Å². The lowest BCUT2D eigenvalue weighted by molar-refractivity contribution is 0.120. The molecule has 3 heterocycles. The van der Waals surface area contributed by atoms with E-state index in [1.54, 1.807) is 0 Å². The van der Waals surface area contributed by atoms with Crippen LogP contribution in [-0.2, 0) is 5.41 Å². The summed E-state index contributed by atoms with van der Waals surface area (Å²) in [6, 6.07) is 5.26. The van der Waals surface area contributed by atoms with Gasteiger partial charge in [0.05, 0.1) is 0 Å². The Morgan fingerprint density at radius 2 is 1.61 bits per heavy atom. The van der Waals surface area contributed by atoms with Crippen molar-refractivity contribution in [2.24, 2.45) is 5.92 Å². The van der Waals surface area contributed by atoms with E-state index in [1.165, 1.54) is 44.3 Å². The molecule has 2 fully saturated rings. The Balaban J connectivity index is 1.54. The molecule has 3 nitrogen and oxygen atoms in total. The molecule has 23 heavy (non-hydrogen) atoms. The maximum absolute atomic E-state index is 4.73. The van der Waals surface area contributed by atoms with E-state index < -0.39 is 0 Å². The molecule has 3 heteroatoms. The summed E-state index contributed by atoms with van der Waals surface area (Å²) in [5, 5.41) is 0. The zero-order valence-corrected chi connectivity index (χ0v) is 15.4. The molecule has 2 saturated heterocycles. The van der Waals surface area contributed by atoms with E-state index >= 15 is 0 Å². The molecule has 0 aromatic carbocycles. The molecule has 1 aromatic heterocycles. The van der Waals surface area contributed by atoms with Crippen LogP contribution in [0.25, 0.3) is 0 Å². The lowest BCUT2D eigenvalue weighted by Gasteiger charge is -2.41. The van der Waals surface area contributed by atoms with Gasteiger partial charge in [0.1, 0.15) is 5.82 Å². The molecule has 0 amide bonds. The van der Waals surface area contributed by atoms with E-state index in [9.17, 15) is 0 Å². The molecule has 2 aliphatic rings. The van der Waals surface area contributed by atoms with Crippen molar-refractivity contribution in [3.8, 4) is 0 Å². The van der Waals surface area contributed by atoms with Gasteiger partial charge in [-0.05, 0) is 61.7 Å². The summed E-state index contributed by atoms with van der Waals surface area (Å²) in [6.07, 6.45) is 7.41. The number of likely N-dealkylation sites (tertiary alicyclic amines) is 1. The molecule has 1 aromatic rings. The van der Waals surface area contributed by atoms with Gasteiger partial charge in [-0.25, -0.2) is 4.98 Å². The second-order valence-electron chi connectivity index (χ2n) is 8.59. The third kappa shape index (κ3) is 4.06. The fraction of sp³-hybridized carbons (Fsp3) is 0.750. The van der Waals surface area contributed by atoms with Gasteiger partial charge >= 0.3 is 0 Å². The predicted octanol–water partition coefficient (Wildman–Crippen LogP) is 4.08. The van der Waals surface area contributed by atoms with Crippen LogP contribution in [0.1, 0.15) is 58.9 Å². The Bertz CT molecular complexity index is 487. The van der Waals surface area contributed by atoms with Crippen LogP contribution in [0.3, 0.4) is 0 Å². The van der Waals surface area contributed by atoms with Gasteiger partial charge in [0.2, 0.25) is 0 Å². The smallest absolute Gasteiger partial charge is 0.128 e. The molecule has 3 rings (SSSR count). The van der Waals surface area contributed by atoms with Crippen molar-refractivity contribution in [2.45, 2.75) is 64.8 Å². The van der Waals surface area contributed by atoms with Crippen LogP contribution in [0.4, 0.5) is 5.82 Å². The SMILES string of the molecule is CC1CCN(C2CCN(c3ccc(C(C)(C)C)cn3)CC2)CC1. The molecule has 0 unspecified atom stereocenters. The molecule has 0 atom stereocenters. The lowest BCUT2D eigenvalue weighted by atomic mass is 9.88. The summed E-state index contributed by atoms with van der Waals surface area (Å²) in [5.41, 5.74) is 1.50. The summed E-state index contributed by atoms with van der Waals surface area (Å²) in [7, 11) is 0. The molecule has 2 aliphatic heterocycles. The van der Waals surface area contributed by atoms with Crippen LogP contribution < -0.4 is 4.90 Å². The van der Waals surface area contributed by atoms with Crippen LogP contribution >= 0.6 is 0 Å². The Morgan fingerprint density at radius 1 is 0.957 bits per heavy atom. The van der Waals surface area contributed by atoms with Crippen LogP contribution in [0.2, 0.25) is 0 Å². The van der Waals surface area contributed by atoms with Crippen molar-refractivity contribution < 1.29 is 0 Å². The van der Waals surface area contributed by atoms with Crippen LogP contribution in [0.15, 0.2) is 18.3 Å². The van der Waals surface area contributed by atoms with Crippen LogP contribution in [-0.4, -0.2) is 42.1 Å². The Hall–Kier alpha value is -1.09. The van der Waals surface area contributed by atoms with Crippen molar-refractivity contribution in [3.05, 3.63) is 23.9 Å². The van der Waals surface area contributed by atoms with Gasteiger partial charge in [0, 0.05) is 25.3 Å². The molecular weight excluding hydrogens is 282 g/mol. The number of hydrogen-bond donors (Lipinski definition) is 0. The average Bonchev–Trinajstić information content (AvgIpc) is 2.55. The number of rotatable bonds is 2. The molecule has 0 N–H and O–H groups in total. The highest BCUT2D eigenvalue weighted by Gasteiger charge is 2.27. The normalized spacial score (nSPS) is 22.5. The minimum Gasteiger partial charge on any atom is -0.357 e. The average molecular weight is 316 g/mol. The largest absolute Gasteiger partial charge is 0.357 e. The Kier molecular flexibility index (Phi) is 4.96. The van der Waals surface area contributed by atoms with E-state index in [2.05, 4.69) is 55.8 Å². The van der Waals surface area contributed by atoms with Crippen molar-refractivity contribution in [1.29, 1.82) is 0 Å². The van der Waals surface area contributed by atoms with E-state index in [-0.39, 0.29) is 5.41 Å². The number of pyridine rings is 1. The van der Waals surface area contributed by atoms with Crippen LogP contribution in [0, 0.1) is 5.92 Å². The highest BCUT2D eigenvalue weighted by Crippen LogP contribution is 2.27. The van der Waals surface area contributed by atoms with E-state index in [0.29, 0.717) is 0 Å². The molecule has 0 spiro atoms. The van der Waals surface area contributed by atoms with E-state index in [0.717, 1.165) is 30.9 Å². The molecule has 128 valence electrons. The minimum absolute atomic E-state index is 0.184. The van der Waals surface area contributed by atoms with Gasteiger partial charge in [-0.1, -0.05) is 33.8 Å². The topological polar surface area (TPSA) is 19.4 Å². The van der Waals surface area contributed by atoms with Gasteiger partial charge in [0.25, 0.3) is 0 Å². The Morgan fingerprint density at radius 3 is 2.13 bits per heavy atom. The van der Waals surface area contributed by atoms with Gasteiger partial charge in [0.15, 0.2) is 0 Å². The quantitative estimate of drug-likeness (QED) is 0.820. The Labute approximate surface area is 142 Å². The van der Waals surface area contributed by atoms with Crippen molar-refractivity contribution in [2.75, 3.05) is 31.1 Å². The van der Waals surface area contributed by atoms with Gasteiger partial charge in [-0.15, -0.1) is 0 Å². The third-order valence-electron chi connectivity index (χ3n) is 5.74. The zero-order chi connectivity index (χ0) is 16.4. The summed E-state index contributed by atoms with van der Waals surface area (Å²) in [5.74, 6) is 2.08. The van der Waals surface area contributed by atoms with E-state index in [4.69, 9.17) is 4.98 Å². The molecule has 0 aliphatic carbocycles. The molecule has 0 bridgehead atoms. The maximum Gasteiger partial charge on any atom is 0.128 e. The van der Waals surface area contributed by atoms with Crippen molar-refractivity contribution in [3.63, 3.8) is 0 Å². The first-order valence-electron chi connectivity index (χ1n) is 9.39. The van der Waals surface area contributed by atoms with E-state index in [1.807, 2.05) is 0 Å². The van der Waals surface area contributed by atoms with Crippen molar-refractivity contribution >= 4 is 5.82 Å². The first kappa shape index (κ1) is 16.8. The monoisotopic (exact) mass is 315 g/mol. The fourth-order valence-corrected chi connectivity index (χ4v) is 3.87. The first-order chi connectivity index (χ1) is 10.9. The summed E-state index contributed by atoms with van der Waals surface area (Å²) >= 11 is 0. The summed E-state index contributed by atoms with van der Waals surface area (Å²) in [4.78, 5) is 9.94. The van der Waals surface area contributed by atoms with Crippen molar-refractivity contribution in [1.82, 2.24) is 9.88 Å². The molecule has 0 saturated carbocycles. The predicted molar refractivity (Wildman–Crippen MR) is 98.1 cm³/mol. The van der Waals surface area contributed by atoms with Gasteiger partial charge < -0.3 is 9.80 Å². The highest BCUT2D eigenvalue weighted by atomic mass is 15.2. The maximum atomic E-state index is 4.73. The van der Waals surface area contributed by atoms with Crippen LogP contribution in [0.5, 0.6) is 0 Å². The number of piperidine rings is 2. The second-order valence-corrected chi connectivity index (χ2v) is 8.59. The lowest BCUT2D eigenvalue weighted by Crippen LogP contribution is -2.47. The second kappa shape index (κ2) is 6.80. The zero-order valence-electron chi connectivity index (χ0n) is 15.4.